The molecule has 5 N–H and O–H groups in total. The largest absolute Gasteiger partial charge is 0.445 e. The van der Waals surface area contributed by atoms with Gasteiger partial charge in [-0.25, -0.2) is 4.79 Å². The average Bonchev–Trinajstić information content (AvgIpc) is 3.58. The molecule has 9 nitrogen and oxygen atoms in total. The molecule has 1 saturated heterocycles. The van der Waals surface area contributed by atoms with Crippen molar-refractivity contribution in [1.82, 2.24) is 15.5 Å². The van der Waals surface area contributed by atoms with Crippen LogP contribution >= 0.6 is 0 Å². The molecular formula is C36H37N5O4. The summed E-state index contributed by atoms with van der Waals surface area (Å²) in [5.74, 6) is -1.18. The maximum Gasteiger partial charge on any atom is 0.408 e. The van der Waals surface area contributed by atoms with E-state index in [-0.39, 0.29) is 30.8 Å². The van der Waals surface area contributed by atoms with E-state index in [1.807, 2.05) is 91.0 Å². The van der Waals surface area contributed by atoms with Crippen molar-refractivity contribution in [3.05, 3.63) is 143 Å². The number of amidine groups is 1. The molecule has 45 heavy (non-hydrogen) atoms. The SMILES string of the molecule is N=C(N)c1ccc(CNC(=O)[C@@H]2CCCN2C(=O)[C@H](NC(=O)OCc2ccccc2)C(c2ccccc2)c2ccccc2)cc1. The summed E-state index contributed by atoms with van der Waals surface area (Å²) in [5, 5.41) is 13.4. The highest BCUT2D eigenvalue weighted by atomic mass is 16.5. The first-order chi connectivity index (χ1) is 21.9. The van der Waals surface area contributed by atoms with Crippen molar-refractivity contribution in [1.29, 1.82) is 5.41 Å². The van der Waals surface area contributed by atoms with Crippen molar-refractivity contribution in [2.75, 3.05) is 6.54 Å². The Kier molecular flexibility index (Phi) is 10.2. The van der Waals surface area contributed by atoms with Gasteiger partial charge in [0, 0.05) is 24.6 Å². The van der Waals surface area contributed by atoms with Gasteiger partial charge in [-0.1, -0.05) is 115 Å². The number of nitrogens with two attached hydrogens (primary N) is 1. The summed E-state index contributed by atoms with van der Waals surface area (Å²) in [6, 6.07) is 33.8. The minimum absolute atomic E-state index is 0.0258. The van der Waals surface area contributed by atoms with Crippen LogP contribution in [0.4, 0.5) is 4.79 Å². The third-order valence-corrected chi connectivity index (χ3v) is 7.97. The van der Waals surface area contributed by atoms with Crippen LogP contribution in [0.5, 0.6) is 0 Å². The Morgan fingerprint density at radius 3 is 1.98 bits per heavy atom. The summed E-state index contributed by atoms with van der Waals surface area (Å²) in [4.78, 5) is 42.8. The van der Waals surface area contributed by atoms with Crippen LogP contribution in [0.3, 0.4) is 0 Å². The first-order valence-corrected chi connectivity index (χ1v) is 15.0. The number of nitrogen functional groups attached to an aromatic ring is 1. The Labute approximate surface area is 262 Å². The molecule has 1 aliphatic heterocycles. The third-order valence-electron chi connectivity index (χ3n) is 7.97. The lowest BCUT2D eigenvalue weighted by atomic mass is 9.84. The van der Waals surface area contributed by atoms with Crippen LogP contribution in [0, 0.1) is 5.41 Å². The van der Waals surface area contributed by atoms with Crippen molar-refractivity contribution in [3.63, 3.8) is 0 Å². The number of amides is 3. The number of likely N-dealkylation sites (tertiary alicyclic amines) is 1. The molecule has 1 heterocycles. The van der Waals surface area contributed by atoms with Crippen LogP contribution in [0.15, 0.2) is 115 Å². The molecule has 230 valence electrons. The standard InChI is InChI=1S/C36H37N5O4/c37-33(38)29-20-18-25(19-21-29)23-39-34(42)30-17-10-22-41(30)35(43)32(40-36(44)45-24-26-11-4-1-5-12-26)31(27-13-6-2-7-14-27)28-15-8-3-9-16-28/h1-9,11-16,18-21,30-32H,10,17,22-24H2,(H3,37,38)(H,39,42)(H,40,44)/t30-,32+/m0/s1. The lowest BCUT2D eigenvalue weighted by molar-refractivity contribution is -0.140. The number of ether oxygens (including phenoxy) is 1. The first-order valence-electron chi connectivity index (χ1n) is 15.0. The number of benzene rings is 4. The number of nitrogens with zero attached hydrogens (tertiary/aromatic N) is 1. The number of carbonyl (C=O) groups excluding carboxylic acids is 3. The van der Waals surface area contributed by atoms with Gasteiger partial charge in [-0.05, 0) is 35.1 Å². The van der Waals surface area contributed by atoms with E-state index in [2.05, 4.69) is 10.6 Å². The fourth-order valence-corrected chi connectivity index (χ4v) is 5.67. The highest BCUT2D eigenvalue weighted by Crippen LogP contribution is 2.31. The molecule has 0 aliphatic carbocycles. The second-order valence-corrected chi connectivity index (χ2v) is 11.0. The molecule has 5 rings (SSSR count). The molecule has 1 fully saturated rings. The molecule has 0 spiro atoms. The molecule has 0 radical (unpaired) electrons. The van der Waals surface area contributed by atoms with E-state index in [0.717, 1.165) is 22.3 Å². The van der Waals surface area contributed by atoms with Gasteiger partial charge >= 0.3 is 6.09 Å². The van der Waals surface area contributed by atoms with Gasteiger partial charge in [0.15, 0.2) is 0 Å². The molecule has 0 aromatic heterocycles. The summed E-state index contributed by atoms with van der Waals surface area (Å²) in [5.41, 5.74) is 9.51. The molecule has 0 bridgehead atoms. The number of carbonyl (C=O) groups is 3. The number of hydrogen-bond acceptors (Lipinski definition) is 5. The van der Waals surface area contributed by atoms with E-state index >= 15 is 0 Å². The molecule has 9 heteroatoms. The summed E-state index contributed by atoms with van der Waals surface area (Å²) in [6.45, 7) is 0.703. The third kappa shape index (κ3) is 7.94. The van der Waals surface area contributed by atoms with Crippen molar-refractivity contribution >= 4 is 23.7 Å². The van der Waals surface area contributed by atoms with E-state index in [0.29, 0.717) is 24.9 Å². The molecule has 2 atom stereocenters. The lowest BCUT2D eigenvalue weighted by Crippen LogP contribution is -2.55. The highest BCUT2D eigenvalue weighted by Gasteiger charge is 2.41. The van der Waals surface area contributed by atoms with Gasteiger partial charge < -0.3 is 26.0 Å². The number of hydrogen-bond donors (Lipinski definition) is 4. The Morgan fingerprint density at radius 2 is 1.40 bits per heavy atom. The number of nitrogens with one attached hydrogen (secondary N) is 3. The van der Waals surface area contributed by atoms with Crippen LogP contribution in [0.1, 0.15) is 46.6 Å². The minimum atomic E-state index is -1.04. The summed E-state index contributed by atoms with van der Waals surface area (Å²) >= 11 is 0. The topological polar surface area (TPSA) is 138 Å². The Balaban J connectivity index is 1.38. The molecular weight excluding hydrogens is 566 g/mol. The summed E-state index contributed by atoms with van der Waals surface area (Å²) in [6.07, 6.45) is 0.445. The van der Waals surface area contributed by atoms with Crippen molar-refractivity contribution in [3.8, 4) is 0 Å². The predicted octanol–water partition coefficient (Wildman–Crippen LogP) is 4.70. The molecule has 3 amide bonds. The van der Waals surface area contributed by atoms with E-state index in [9.17, 15) is 14.4 Å². The monoisotopic (exact) mass is 603 g/mol. The zero-order chi connectivity index (χ0) is 31.6. The van der Waals surface area contributed by atoms with Gasteiger partial charge in [0.2, 0.25) is 11.8 Å². The van der Waals surface area contributed by atoms with Gasteiger partial charge in [-0.3, -0.25) is 15.0 Å². The van der Waals surface area contributed by atoms with Crippen LogP contribution in [0.25, 0.3) is 0 Å². The van der Waals surface area contributed by atoms with E-state index < -0.39 is 24.1 Å². The van der Waals surface area contributed by atoms with Gasteiger partial charge in [0.1, 0.15) is 24.5 Å². The predicted molar refractivity (Wildman–Crippen MR) is 172 cm³/mol. The number of alkyl carbamates (subject to hydrolysis) is 1. The maximum atomic E-state index is 14.5. The maximum absolute atomic E-state index is 14.5. The van der Waals surface area contributed by atoms with Crippen LogP contribution in [-0.2, 0) is 27.5 Å². The highest BCUT2D eigenvalue weighted by molar-refractivity contribution is 5.95. The van der Waals surface area contributed by atoms with Crippen molar-refractivity contribution in [2.45, 2.75) is 44.0 Å². The van der Waals surface area contributed by atoms with Gasteiger partial charge in [0.05, 0.1) is 0 Å². The van der Waals surface area contributed by atoms with Crippen molar-refractivity contribution in [2.24, 2.45) is 5.73 Å². The van der Waals surface area contributed by atoms with Crippen LogP contribution in [0.2, 0.25) is 0 Å². The lowest BCUT2D eigenvalue weighted by Gasteiger charge is -2.33. The van der Waals surface area contributed by atoms with Gasteiger partial charge in [-0.15, -0.1) is 0 Å². The van der Waals surface area contributed by atoms with E-state index in [1.54, 1.807) is 29.2 Å². The molecule has 4 aromatic rings. The molecule has 0 unspecified atom stereocenters. The number of rotatable bonds is 11. The smallest absolute Gasteiger partial charge is 0.408 e. The molecule has 0 saturated carbocycles. The normalized spacial score (nSPS) is 14.9. The van der Waals surface area contributed by atoms with Crippen LogP contribution < -0.4 is 16.4 Å². The Morgan fingerprint density at radius 1 is 0.822 bits per heavy atom. The average molecular weight is 604 g/mol. The first kappa shape index (κ1) is 31.0. The summed E-state index contributed by atoms with van der Waals surface area (Å²) < 4.78 is 5.56. The minimum Gasteiger partial charge on any atom is -0.445 e. The summed E-state index contributed by atoms with van der Waals surface area (Å²) in [7, 11) is 0. The fourth-order valence-electron chi connectivity index (χ4n) is 5.67. The van der Waals surface area contributed by atoms with E-state index in [1.165, 1.54) is 0 Å². The zero-order valence-electron chi connectivity index (χ0n) is 24.9. The fraction of sp³-hybridized carbons (Fsp3) is 0.222. The van der Waals surface area contributed by atoms with Crippen molar-refractivity contribution < 1.29 is 19.1 Å². The van der Waals surface area contributed by atoms with E-state index in [4.69, 9.17) is 15.9 Å². The second kappa shape index (κ2) is 14.8. The molecule has 1 aliphatic rings. The molecule has 4 aromatic carbocycles. The Hall–Kier alpha value is -5.44. The zero-order valence-corrected chi connectivity index (χ0v) is 24.9. The Bertz CT molecular complexity index is 1560. The van der Waals surface area contributed by atoms with Gasteiger partial charge in [-0.2, -0.15) is 0 Å². The second-order valence-electron chi connectivity index (χ2n) is 11.0. The quantitative estimate of drug-likeness (QED) is 0.145. The van der Waals surface area contributed by atoms with Crippen LogP contribution in [-0.4, -0.2) is 47.3 Å². The van der Waals surface area contributed by atoms with Gasteiger partial charge in [0.25, 0.3) is 0 Å².